The molecule has 0 aliphatic carbocycles. The van der Waals surface area contributed by atoms with Crippen LogP contribution >= 0.6 is 0 Å². The third kappa shape index (κ3) is 4.09. The second kappa shape index (κ2) is 6.82. The van der Waals surface area contributed by atoms with Crippen LogP contribution < -0.4 is 14.9 Å². The molecule has 2 N–H and O–H groups in total. The summed E-state index contributed by atoms with van der Waals surface area (Å²) in [5.41, 5.74) is 3.54. The van der Waals surface area contributed by atoms with E-state index >= 15 is 0 Å². The van der Waals surface area contributed by atoms with E-state index in [1.54, 1.807) is 6.20 Å². The van der Waals surface area contributed by atoms with Crippen LogP contribution in [0.2, 0.25) is 0 Å². The van der Waals surface area contributed by atoms with Gasteiger partial charge in [0.2, 0.25) is 0 Å². The second-order valence-electron chi connectivity index (χ2n) is 4.61. The highest BCUT2D eigenvalue weighted by Gasteiger charge is 2.27. The average molecular weight is 347 g/mol. The number of sulfonamides is 1. The van der Waals surface area contributed by atoms with Crippen molar-refractivity contribution in [3.63, 3.8) is 0 Å². The molecule has 1 aromatic carbocycles. The molecular weight excluding hydrogens is 332 g/mol. The summed E-state index contributed by atoms with van der Waals surface area (Å²) in [5, 5.41) is 1.06. The minimum Gasteiger partial charge on any atom is -0.433 e. The molecule has 0 saturated heterocycles. The van der Waals surface area contributed by atoms with Crippen molar-refractivity contribution in [2.75, 3.05) is 6.54 Å². The molecule has 0 fully saturated rings. The molecule has 1 aliphatic heterocycles. The standard InChI is InChI=1S/C13H15F2N3O4S/c1-2-9-7-16-18(8-9)13(19)17-23(20,21)11-6-4-3-5-10(11)22-12(14)15/h3-7,12,16H,2,8H2,1H3,(H,17,19). The first-order chi connectivity index (χ1) is 10.8. The van der Waals surface area contributed by atoms with E-state index < -0.39 is 33.3 Å². The number of nitrogens with one attached hydrogen (secondary N) is 2. The number of para-hydroxylation sites is 1. The molecule has 7 nitrogen and oxygen atoms in total. The zero-order valence-electron chi connectivity index (χ0n) is 12.1. The highest BCUT2D eigenvalue weighted by atomic mass is 32.2. The first-order valence-corrected chi connectivity index (χ1v) is 8.14. The van der Waals surface area contributed by atoms with Gasteiger partial charge in [0, 0.05) is 6.20 Å². The number of hydrogen-bond acceptors (Lipinski definition) is 5. The van der Waals surface area contributed by atoms with Crippen molar-refractivity contribution < 1.29 is 26.7 Å². The highest BCUT2D eigenvalue weighted by Crippen LogP contribution is 2.25. The molecule has 0 atom stereocenters. The summed E-state index contributed by atoms with van der Waals surface area (Å²) in [6.45, 7) is -1.06. The molecule has 1 heterocycles. The van der Waals surface area contributed by atoms with Crippen molar-refractivity contribution >= 4 is 16.1 Å². The Morgan fingerprint density at radius 1 is 1.43 bits per heavy atom. The van der Waals surface area contributed by atoms with E-state index in [9.17, 15) is 22.0 Å². The largest absolute Gasteiger partial charge is 0.433 e. The molecule has 0 spiro atoms. The average Bonchev–Trinajstić information content (AvgIpc) is 2.95. The van der Waals surface area contributed by atoms with Gasteiger partial charge in [0.15, 0.2) is 0 Å². The number of amides is 2. The van der Waals surface area contributed by atoms with E-state index in [2.05, 4.69) is 10.2 Å². The monoisotopic (exact) mass is 347 g/mol. The van der Waals surface area contributed by atoms with E-state index in [0.717, 1.165) is 22.7 Å². The molecule has 126 valence electrons. The number of benzene rings is 1. The fourth-order valence-corrected chi connectivity index (χ4v) is 2.99. The minimum atomic E-state index is -4.36. The smallest absolute Gasteiger partial charge is 0.387 e. The van der Waals surface area contributed by atoms with Crippen LogP contribution in [-0.4, -0.2) is 32.6 Å². The van der Waals surface area contributed by atoms with Gasteiger partial charge in [-0.05, 0) is 24.1 Å². The Labute approximate surface area is 131 Å². The summed E-state index contributed by atoms with van der Waals surface area (Å²) in [6.07, 6.45) is 2.30. The van der Waals surface area contributed by atoms with Gasteiger partial charge >= 0.3 is 12.6 Å². The van der Waals surface area contributed by atoms with Gasteiger partial charge in [-0.1, -0.05) is 19.1 Å². The van der Waals surface area contributed by atoms with Crippen molar-refractivity contribution in [2.24, 2.45) is 0 Å². The normalized spacial score (nSPS) is 14.4. The summed E-state index contributed by atoms with van der Waals surface area (Å²) in [7, 11) is -4.36. The fraction of sp³-hybridized carbons (Fsp3) is 0.308. The van der Waals surface area contributed by atoms with E-state index in [-0.39, 0.29) is 6.54 Å². The molecule has 0 radical (unpaired) electrons. The van der Waals surface area contributed by atoms with Crippen molar-refractivity contribution in [3.05, 3.63) is 36.0 Å². The molecule has 0 saturated carbocycles. The number of carbonyl (C=O) groups is 1. The molecule has 2 rings (SSSR count). The number of carbonyl (C=O) groups excluding carboxylic acids is 1. The first-order valence-electron chi connectivity index (χ1n) is 6.65. The summed E-state index contributed by atoms with van der Waals surface area (Å²) < 4.78 is 55.1. The Hall–Kier alpha value is -2.36. The molecule has 1 aliphatic rings. The lowest BCUT2D eigenvalue weighted by atomic mass is 10.2. The maximum Gasteiger partial charge on any atom is 0.387 e. The van der Waals surface area contributed by atoms with Crippen LogP contribution in [0.3, 0.4) is 0 Å². The van der Waals surface area contributed by atoms with Gasteiger partial charge in [0.05, 0.1) is 6.54 Å². The SMILES string of the molecule is CCC1=CNN(C(=O)NS(=O)(=O)c2ccccc2OC(F)F)C1. The molecule has 1 aromatic rings. The molecule has 2 amide bonds. The van der Waals surface area contributed by atoms with Crippen LogP contribution in [-0.2, 0) is 10.0 Å². The van der Waals surface area contributed by atoms with E-state index in [0.29, 0.717) is 6.42 Å². The predicted octanol–water partition coefficient (Wildman–Crippen LogP) is 1.80. The van der Waals surface area contributed by atoms with Crippen LogP contribution in [0.4, 0.5) is 13.6 Å². The number of alkyl halides is 2. The van der Waals surface area contributed by atoms with Gasteiger partial charge in [-0.3, -0.25) is 0 Å². The Morgan fingerprint density at radius 2 is 2.13 bits per heavy atom. The van der Waals surface area contributed by atoms with Crippen LogP contribution in [0.5, 0.6) is 5.75 Å². The third-order valence-electron chi connectivity index (χ3n) is 3.06. The number of ether oxygens (including phenoxy) is 1. The van der Waals surface area contributed by atoms with Crippen LogP contribution in [0.15, 0.2) is 40.9 Å². The maximum atomic E-state index is 12.3. The lowest BCUT2D eigenvalue weighted by Gasteiger charge is -2.18. The molecule has 23 heavy (non-hydrogen) atoms. The third-order valence-corrected chi connectivity index (χ3v) is 4.42. The predicted molar refractivity (Wildman–Crippen MR) is 77.0 cm³/mol. The Morgan fingerprint density at radius 3 is 2.74 bits per heavy atom. The number of rotatable bonds is 5. The quantitative estimate of drug-likeness (QED) is 0.848. The van der Waals surface area contributed by atoms with Crippen LogP contribution in [0.25, 0.3) is 0 Å². The van der Waals surface area contributed by atoms with Gasteiger partial charge < -0.3 is 10.2 Å². The molecule has 0 unspecified atom stereocenters. The summed E-state index contributed by atoms with van der Waals surface area (Å²) in [4.78, 5) is 11.4. The lowest BCUT2D eigenvalue weighted by Crippen LogP contribution is -2.46. The van der Waals surface area contributed by atoms with Gasteiger partial charge in [-0.25, -0.2) is 22.9 Å². The second-order valence-corrected chi connectivity index (χ2v) is 6.26. The van der Waals surface area contributed by atoms with Gasteiger partial charge in [0.1, 0.15) is 10.6 Å². The van der Waals surface area contributed by atoms with E-state index in [1.165, 1.54) is 12.1 Å². The minimum absolute atomic E-state index is 0.229. The van der Waals surface area contributed by atoms with Crippen molar-refractivity contribution in [1.82, 2.24) is 15.2 Å². The lowest BCUT2D eigenvalue weighted by molar-refractivity contribution is -0.0517. The van der Waals surface area contributed by atoms with E-state index in [4.69, 9.17) is 0 Å². The fourth-order valence-electron chi connectivity index (χ4n) is 1.90. The van der Waals surface area contributed by atoms with Crippen molar-refractivity contribution in [2.45, 2.75) is 24.9 Å². The highest BCUT2D eigenvalue weighted by molar-refractivity contribution is 7.90. The summed E-state index contributed by atoms with van der Waals surface area (Å²) in [5.74, 6) is -0.537. The number of nitrogens with zero attached hydrogens (tertiary/aromatic N) is 1. The van der Waals surface area contributed by atoms with Crippen molar-refractivity contribution in [1.29, 1.82) is 0 Å². The number of hydrogen-bond donors (Lipinski definition) is 2. The molecular formula is C13H15F2N3O4S. The van der Waals surface area contributed by atoms with Crippen LogP contribution in [0, 0.1) is 0 Å². The topological polar surface area (TPSA) is 87.7 Å². The first kappa shape index (κ1) is 17.0. The summed E-state index contributed by atoms with van der Waals surface area (Å²) >= 11 is 0. The molecule has 0 aromatic heterocycles. The van der Waals surface area contributed by atoms with E-state index in [1.807, 2.05) is 11.6 Å². The van der Waals surface area contributed by atoms with Gasteiger partial charge in [-0.2, -0.15) is 8.78 Å². The molecule has 10 heteroatoms. The Balaban J connectivity index is 2.15. The Bertz CT molecular complexity index is 722. The maximum absolute atomic E-state index is 12.3. The van der Waals surface area contributed by atoms with Gasteiger partial charge in [-0.15, -0.1) is 0 Å². The number of urea groups is 1. The van der Waals surface area contributed by atoms with Crippen molar-refractivity contribution in [3.8, 4) is 5.75 Å². The molecule has 0 bridgehead atoms. The zero-order chi connectivity index (χ0) is 17.0. The summed E-state index contributed by atoms with van der Waals surface area (Å²) in [6, 6.07) is 3.91. The van der Waals surface area contributed by atoms with Gasteiger partial charge in [0.25, 0.3) is 10.0 Å². The number of hydrazine groups is 1. The Kier molecular flexibility index (Phi) is 5.04. The van der Waals surface area contributed by atoms with Crippen LogP contribution in [0.1, 0.15) is 13.3 Å². The number of halogens is 2. The zero-order valence-corrected chi connectivity index (χ0v) is 12.9.